The zero-order chi connectivity index (χ0) is 20.7. The predicted molar refractivity (Wildman–Crippen MR) is 119 cm³/mol. The van der Waals surface area contributed by atoms with Crippen molar-refractivity contribution in [1.82, 2.24) is 14.7 Å². The summed E-state index contributed by atoms with van der Waals surface area (Å²) in [7, 11) is 0. The molecule has 1 saturated carbocycles. The van der Waals surface area contributed by atoms with Gasteiger partial charge in [0, 0.05) is 19.2 Å². The molecule has 3 heterocycles. The van der Waals surface area contributed by atoms with Crippen molar-refractivity contribution in [2.24, 2.45) is 5.92 Å². The first-order chi connectivity index (χ1) is 14.6. The fourth-order valence-electron chi connectivity index (χ4n) is 4.71. The zero-order valence-electron chi connectivity index (χ0n) is 17.0. The number of aromatic nitrogens is 2. The fourth-order valence-corrected chi connectivity index (χ4v) is 5.40. The number of benzene rings is 1. The molecule has 1 aliphatic carbocycles. The molecule has 2 fully saturated rings. The van der Waals surface area contributed by atoms with Crippen LogP contribution in [-0.2, 0) is 10.2 Å². The van der Waals surface area contributed by atoms with E-state index in [4.69, 9.17) is 0 Å². The van der Waals surface area contributed by atoms with Crippen molar-refractivity contribution >= 4 is 17.2 Å². The van der Waals surface area contributed by atoms with Gasteiger partial charge in [-0.05, 0) is 48.3 Å². The Labute approximate surface area is 180 Å². The van der Waals surface area contributed by atoms with Gasteiger partial charge in [0.1, 0.15) is 5.69 Å². The summed E-state index contributed by atoms with van der Waals surface area (Å²) in [4.78, 5) is 29.0. The number of piperidine rings is 1. The topological polar surface area (TPSA) is 55.2 Å². The molecule has 1 amide bonds. The summed E-state index contributed by atoms with van der Waals surface area (Å²) in [5, 5.41) is 6.69. The number of amides is 1. The fraction of sp³-hybridized carbons (Fsp3) is 0.375. The molecule has 3 aromatic rings. The van der Waals surface area contributed by atoms with E-state index in [9.17, 15) is 9.59 Å². The van der Waals surface area contributed by atoms with Gasteiger partial charge in [-0.15, -0.1) is 11.3 Å². The van der Waals surface area contributed by atoms with E-state index in [0.29, 0.717) is 13.1 Å². The molecule has 0 unspecified atom stereocenters. The van der Waals surface area contributed by atoms with E-state index in [1.54, 1.807) is 28.2 Å². The van der Waals surface area contributed by atoms with Crippen molar-refractivity contribution < 1.29 is 4.79 Å². The lowest BCUT2D eigenvalue weighted by Gasteiger charge is -2.38. The van der Waals surface area contributed by atoms with E-state index in [-0.39, 0.29) is 28.8 Å². The van der Waals surface area contributed by atoms with Crippen molar-refractivity contribution in [3.8, 4) is 10.6 Å². The minimum Gasteiger partial charge on any atom is -0.342 e. The molecule has 1 saturated heterocycles. The Morgan fingerprint density at radius 2 is 1.90 bits per heavy atom. The van der Waals surface area contributed by atoms with Gasteiger partial charge in [0.05, 0.1) is 16.3 Å². The molecule has 2 aliphatic rings. The molecule has 0 radical (unpaired) electrons. The summed E-state index contributed by atoms with van der Waals surface area (Å²) < 4.78 is 1.64. The third-order valence-electron chi connectivity index (χ3n) is 6.55. The molecule has 2 atom stereocenters. The Morgan fingerprint density at radius 1 is 1.10 bits per heavy atom. The maximum atomic E-state index is 13.4. The predicted octanol–water partition coefficient (Wildman–Crippen LogP) is 4.11. The van der Waals surface area contributed by atoms with Crippen LogP contribution in [-0.4, -0.2) is 33.7 Å². The summed E-state index contributed by atoms with van der Waals surface area (Å²) in [5.41, 5.74) is 1.56. The van der Waals surface area contributed by atoms with Gasteiger partial charge in [-0.1, -0.05) is 43.3 Å². The first-order valence-electron chi connectivity index (χ1n) is 10.6. The SMILES string of the molecule is C[C@@H]1CN(C(=O)C2(c3ccccc3)CC2)CC[C@@H]1n1nc(-c2cccs2)ccc1=O. The summed E-state index contributed by atoms with van der Waals surface area (Å²) >= 11 is 1.62. The maximum Gasteiger partial charge on any atom is 0.267 e. The molecular formula is C24H25N3O2S. The Bertz CT molecular complexity index is 1100. The van der Waals surface area contributed by atoms with Gasteiger partial charge >= 0.3 is 0 Å². The van der Waals surface area contributed by atoms with E-state index < -0.39 is 0 Å². The van der Waals surface area contributed by atoms with Gasteiger partial charge in [0.2, 0.25) is 5.91 Å². The average Bonchev–Trinajstić information content (AvgIpc) is 3.41. The smallest absolute Gasteiger partial charge is 0.267 e. The Balaban J connectivity index is 1.35. The van der Waals surface area contributed by atoms with Gasteiger partial charge in [-0.25, -0.2) is 4.68 Å². The van der Waals surface area contributed by atoms with E-state index in [0.717, 1.165) is 35.4 Å². The van der Waals surface area contributed by atoms with Crippen molar-refractivity contribution in [3.63, 3.8) is 0 Å². The van der Waals surface area contributed by atoms with Crippen LogP contribution < -0.4 is 5.56 Å². The standard InChI is InChI=1S/C24H25N3O2S/c1-17-16-26(23(29)24(12-13-24)18-6-3-2-4-7-18)14-11-20(17)27-22(28)10-9-19(25-27)21-8-5-15-30-21/h2-10,15,17,20H,11-14,16H2,1H3/t17-,20+/m1/s1. The molecule has 1 aromatic carbocycles. The van der Waals surface area contributed by atoms with Crippen molar-refractivity contribution in [1.29, 1.82) is 0 Å². The van der Waals surface area contributed by atoms with E-state index >= 15 is 0 Å². The molecule has 154 valence electrons. The summed E-state index contributed by atoms with van der Waals surface area (Å²) in [6.07, 6.45) is 2.60. The molecule has 5 nitrogen and oxygen atoms in total. The Morgan fingerprint density at radius 3 is 2.57 bits per heavy atom. The molecule has 30 heavy (non-hydrogen) atoms. The third kappa shape index (κ3) is 3.29. The quantitative estimate of drug-likeness (QED) is 0.639. The number of carbonyl (C=O) groups excluding carboxylic acids is 1. The molecular weight excluding hydrogens is 394 g/mol. The highest BCUT2D eigenvalue weighted by molar-refractivity contribution is 7.13. The van der Waals surface area contributed by atoms with Crippen LogP contribution in [0.15, 0.2) is 64.8 Å². The molecule has 0 N–H and O–H groups in total. The molecule has 2 aromatic heterocycles. The van der Waals surface area contributed by atoms with Gasteiger partial charge in [0.15, 0.2) is 0 Å². The lowest BCUT2D eigenvalue weighted by molar-refractivity contribution is -0.136. The molecule has 0 bridgehead atoms. The van der Waals surface area contributed by atoms with Crippen LogP contribution in [0.1, 0.15) is 37.8 Å². The number of likely N-dealkylation sites (tertiary alicyclic amines) is 1. The highest BCUT2D eigenvalue weighted by Crippen LogP contribution is 2.50. The van der Waals surface area contributed by atoms with Crippen LogP contribution in [0.3, 0.4) is 0 Å². The molecule has 0 spiro atoms. The normalized spacial score (nSPS) is 22.6. The first-order valence-corrected chi connectivity index (χ1v) is 11.5. The van der Waals surface area contributed by atoms with E-state index in [1.165, 1.54) is 0 Å². The highest BCUT2D eigenvalue weighted by Gasteiger charge is 2.53. The van der Waals surface area contributed by atoms with Gasteiger partial charge in [-0.2, -0.15) is 5.10 Å². The van der Waals surface area contributed by atoms with Gasteiger partial charge < -0.3 is 4.90 Å². The van der Waals surface area contributed by atoms with Crippen LogP contribution in [0, 0.1) is 5.92 Å². The van der Waals surface area contributed by atoms with Gasteiger partial charge in [0.25, 0.3) is 5.56 Å². The van der Waals surface area contributed by atoms with E-state index in [1.807, 2.05) is 40.6 Å². The molecule has 5 rings (SSSR count). The lowest BCUT2D eigenvalue weighted by Crippen LogP contribution is -2.49. The third-order valence-corrected chi connectivity index (χ3v) is 7.44. The number of rotatable bonds is 4. The Hall–Kier alpha value is -2.73. The lowest BCUT2D eigenvalue weighted by atomic mass is 9.90. The second-order valence-corrected chi connectivity index (χ2v) is 9.46. The molecule has 1 aliphatic heterocycles. The van der Waals surface area contributed by atoms with Crippen molar-refractivity contribution in [2.45, 2.75) is 37.6 Å². The molecule has 6 heteroatoms. The zero-order valence-corrected chi connectivity index (χ0v) is 17.8. The van der Waals surface area contributed by atoms with Crippen LogP contribution in [0.2, 0.25) is 0 Å². The number of nitrogens with zero attached hydrogens (tertiary/aromatic N) is 3. The highest BCUT2D eigenvalue weighted by atomic mass is 32.1. The minimum absolute atomic E-state index is 0.00772. The van der Waals surface area contributed by atoms with Crippen LogP contribution >= 0.6 is 11.3 Å². The summed E-state index contributed by atoms with van der Waals surface area (Å²) in [6, 6.07) is 17.6. The van der Waals surface area contributed by atoms with Crippen LogP contribution in [0.5, 0.6) is 0 Å². The number of thiophene rings is 1. The second kappa shape index (κ2) is 7.51. The maximum absolute atomic E-state index is 13.4. The van der Waals surface area contributed by atoms with Gasteiger partial charge in [-0.3, -0.25) is 9.59 Å². The number of hydrogen-bond acceptors (Lipinski definition) is 4. The monoisotopic (exact) mass is 419 g/mol. The Kier molecular flexibility index (Phi) is 4.82. The summed E-state index contributed by atoms with van der Waals surface area (Å²) in [5.74, 6) is 0.407. The number of carbonyl (C=O) groups is 1. The first kappa shape index (κ1) is 19.2. The second-order valence-electron chi connectivity index (χ2n) is 8.51. The average molecular weight is 420 g/mol. The van der Waals surface area contributed by atoms with Crippen LogP contribution in [0.25, 0.3) is 10.6 Å². The largest absolute Gasteiger partial charge is 0.342 e. The van der Waals surface area contributed by atoms with Crippen LogP contribution in [0.4, 0.5) is 0 Å². The summed E-state index contributed by atoms with van der Waals surface area (Å²) in [6.45, 7) is 3.45. The number of hydrogen-bond donors (Lipinski definition) is 0. The minimum atomic E-state index is -0.331. The van der Waals surface area contributed by atoms with Crippen molar-refractivity contribution in [3.05, 3.63) is 75.9 Å². The van der Waals surface area contributed by atoms with E-state index in [2.05, 4.69) is 24.2 Å². The van der Waals surface area contributed by atoms with Crippen molar-refractivity contribution in [2.75, 3.05) is 13.1 Å².